The van der Waals surface area contributed by atoms with E-state index >= 15 is 0 Å². The fraction of sp³-hybridized carbons (Fsp3) is 0.188. The lowest BCUT2D eigenvalue weighted by Gasteiger charge is -2.05. The lowest BCUT2D eigenvalue weighted by molar-refractivity contribution is 0.102. The second-order valence-electron chi connectivity index (χ2n) is 4.87. The van der Waals surface area contributed by atoms with Crippen molar-refractivity contribution in [2.45, 2.75) is 13.8 Å². The summed E-state index contributed by atoms with van der Waals surface area (Å²) in [5.74, 6) is 0.506. The number of thiazole rings is 1. The first-order valence-electron chi connectivity index (χ1n) is 6.77. The fourth-order valence-corrected chi connectivity index (χ4v) is 2.85. The molecule has 0 saturated carbocycles. The molecule has 112 valence electrons. The molecule has 0 atom stereocenters. The zero-order chi connectivity index (χ0) is 15.7. The highest BCUT2D eigenvalue weighted by Crippen LogP contribution is 2.23. The number of pyridine rings is 1. The van der Waals surface area contributed by atoms with Crippen LogP contribution < -0.4 is 10.1 Å². The molecule has 0 aliphatic heterocycles. The number of ether oxygens (including phenoxy) is 1. The van der Waals surface area contributed by atoms with Crippen LogP contribution in [0.25, 0.3) is 10.9 Å². The molecule has 0 radical (unpaired) electrons. The topological polar surface area (TPSA) is 64.1 Å². The highest BCUT2D eigenvalue weighted by molar-refractivity contribution is 7.15. The molecule has 3 aromatic rings. The van der Waals surface area contributed by atoms with Gasteiger partial charge in [-0.15, -0.1) is 11.3 Å². The molecular weight excluding hydrogens is 298 g/mol. The Labute approximate surface area is 132 Å². The van der Waals surface area contributed by atoms with Crippen LogP contribution in [-0.2, 0) is 0 Å². The summed E-state index contributed by atoms with van der Waals surface area (Å²) in [5, 5.41) is 4.31. The molecule has 0 aliphatic carbocycles. The summed E-state index contributed by atoms with van der Waals surface area (Å²) in [4.78, 5) is 22.0. The minimum absolute atomic E-state index is 0.258. The monoisotopic (exact) mass is 313 g/mol. The van der Waals surface area contributed by atoms with Crippen molar-refractivity contribution in [2.24, 2.45) is 0 Å². The van der Waals surface area contributed by atoms with Crippen molar-refractivity contribution in [2.75, 3.05) is 12.4 Å². The minimum atomic E-state index is -0.258. The van der Waals surface area contributed by atoms with E-state index < -0.39 is 0 Å². The predicted molar refractivity (Wildman–Crippen MR) is 87.8 cm³/mol. The number of benzene rings is 1. The second kappa shape index (κ2) is 5.73. The van der Waals surface area contributed by atoms with Crippen LogP contribution in [-0.4, -0.2) is 23.0 Å². The number of methoxy groups -OCH3 is 1. The van der Waals surface area contributed by atoms with Gasteiger partial charge in [-0.1, -0.05) is 6.07 Å². The molecule has 6 heteroatoms. The van der Waals surface area contributed by atoms with Gasteiger partial charge < -0.3 is 4.74 Å². The largest absolute Gasteiger partial charge is 0.497 e. The van der Waals surface area contributed by atoms with Gasteiger partial charge in [-0.2, -0.15) is 0 Å². The number of anilines is 1. The summed E-state index contributed by atoms with van der Waals surface area (Å²) in [6, 6.07) is 9.10. The summed E-state index contributed by atoms with van der Waals surface area (Å²) in [6.45, 7) is 3.90. The van der Waals surface area contributed by atoms with Crippen molar-refractivity contribution in [1.82, 2.24) is 9.97 Å². The highest BCUT2D eigenvalue weighted by atomic mass is 32.1. The minimum Gasteiger partial charge on any atom is -0.497 e. The first-order valence-corrected chi connectivity index (χ1v) is 7.58. The summed E-state index contributed by atoms with van der Waals surface area (Å²) in [6.07, 6.45) is 0. The fourth-order valence-electron chi connectivity index (χ4n) is 2.04. The number of carbonyl (C=O) groups is 1. The predicted octanol–water partition coefficient (Wildman–Crippen LogP) is 3.57. The number of hydrogen-bond acceptors (Lipinski definition) is 5. The quantitative estimate of drug-likeness (QED) is 0.803. The first-order chi connectivity index (χ1) is 10.6. The Bertz CT molecular complexity index is 838. The first kappa shape index (κ1) is 14.5. The van der Waals surface area contributed by atoms with E-state index in [4.69, 9.17) is 4.74 Å². The SMILES string of the molecule is COc1ccc2nc(C(=O)Nc3nc(C)c(C)s3)ccc2c1. The van der Waals surface area contributed by atoms with Crippen molar-refractivity contribution >= 4 is 33.3 Å². The third-order valence-corrected chi connectivity index (χ3v) is 4.37. The lowest BCUT2D eigenvalue weighted by atomic mass is 10.2. The maximum Gasteiger partial charge on any atom is 0.276 e. The average Bonchev–Trinajstić information content (AvgIpc) is 2.84. The molecule has 0 fully saturated rings. The molecule has 0 unspecified atom stereocenters. The van der Waals surface area contributed by atoms with E-state index in [2.05, 4.69) is 15.3 Å². The Morgan fingerprint density at radius 1 is 1.18 bits per heavy atom. The third-order valence-electron chi connectivity index (χ3n) is 3.38. The van der Waals surface area contributed by atoms with Crippen molar-refractivity contribution in [3.63, 3.8) is 0 Å². The van der Waals surface area contributed by atoms with Crippen LogP contribution in [0.1, 0.15) is 21.1 Å². The van der Waals surface area contributed by atoms with Gasteiger partial charge in [0.05, 0.1) is 18.3 Å². The molecule has 1 amide bonds. The number of aromatic nitrogens is 2. The summed E-state index contributed by atoms with van der Waals surface area (Å²) < 4.78 is 5.18. The normalized spacial score (nSPS) is 10.7. The van der Waals surface area contributed by atoms with Gasteiger partial charge in [0.15, 0.2) is 5.13 Å². The van der Waals surface area contributed by atoms with Crippen LogP contribution in [0.5, 0.6) is 5.75 Å². The van der Waals surface area contributed by atoms with E-state index in [0.29, 0.717) is 10.8 Å². The Kier molecular flexibility index (Phi) is 3.77. The van der Waals surface area contributed by atoms with Crippen LogP contribution in [0.2, 0.25) is 0 Å². The van der Waals surface area contributed by atoms with Gasteiger partial charge >= 0.3 is 0 Å². The summed E-state index contributed by atoms with van der Waals surface area (Å²) in [5.41, 5.74) is 2.04. The zero-order valence-corrected chi connectivity index (χ0v) is 13.3. The van der Waals surface area contributed by atoms with Gasteiger partial charge in [-0.3, -0.25) is 10.1 Å². The number of amides is 1. The second-order valence-corrected chi connectivity index (χ2v) is 6.07. The molecule has 2 aromatic heterocycles. The molecule has 0 spiro atoms. The number of rotatable bonds is 3. The van der Waals surface area contributed by atoms with E-state index in [1.807, 2.05) is 38.1 Å². The van der Waals surface area contributed by atoms with Crippen LogP contribution >= 0.6 is 11.3 Å². The zero-order valence-electron chi connectivity index (χ0n) is 12.5. The molecule has 0 bridgehead atoms. The van der Waals surface area contributed by atoms with E-state index in [9.17, 15) is 4.79 Å². The van der Waals surface area contributed by atoms with Crippen molar-refractivity contribution in [3.8, 4) is 5.75 Å². The molecule has 0 saturated heterocycles. The smallest absolute Gasteiger partial charge is 0.276 e. The maximum absolute atomic E-state index is 12.3. The number of carbonyl (C=O) groups excluding carboxylic acids is 1. The summed E-state index contributed by atoms with van der Waals surface area (Å²) in [7, 11) is 1.62. The Morgan fingerprint density at radius 2 is 2.00 bits per heavy atom. The Morgan fingerprint density at radius 3 is 2.68 bits per heavy atom. The van der Waals surface area contributed by atoms with Crippen LogP contribution in [0.15, 0.2) is 30.3 Å². The van der Waals surface area contributed by atoms with Gasteiger partial charge in [0.2, 0.25) is 0 Å². The van der Waals surface area contributed by atoms with Gasteiger partial charge in [0, 0.05) is 10.3 Å². The van der Waals surface area contributed by atoms with E-state index in [1.54, 1.807) is 13.2 Å². The summed E-state index contributed by atoms with van der Waals surface area (Å²) >= 11 is 1.46. The molecular formula is C16H15N3O2S. The Hall–Kier alpha value is -2.47. The van der Waals surface area contributed by atoms with E-state index in [0.717, 1.165) is 27.2 Å². The maximum atomic E-state index is 12.3. The van der Waals surface area contributed by atoms with Crippen LogP contribution in [0, 0.1) is 13.8 Å². The third kappa shape index (κ3) is 2.78. The molecule has 1 aromatic carbocycles. The van der Waals surface area contributed by atoms with Gasteiger partial charge in [0.25, 0.3) is 5.91 Å². The number of fused-ring (bicyclic) bond motifs is 1. The van der Waals surface area contributed by atoms with Crippen LogP contribution in [0.4, 0.5) is 5.13 Å². The molecule has 2 heterocycles. The van der Waals surface area contributed by atoms with E-state index in [-0.39, 0.29) is 5.91 Å². The number of nitrogens with one attached hydrogen (secondary N) is 1. The van der Waals surface area contributed by atoms with E-state index in [1.165, 1.54) is 11.3 Å². The lowest BCUT2D eigenvalue weighted by Crippen LogP contribution is -2.13. The number of nitrogens with zero attached hydrogens (tertiary/aromatic N) is 2. The Balaban J connectivity index is 1.87. The number of hydrogen-bond donors (Lipinski definition) is 1. The average molecular weight is 313 g/mol. The molecule has 1 N–H and O–H groups in total. The van der Waals surface area contributed by atoms with Crippen molar-refractivity contribution in [3.05, 3.63) is 46.6 Å². The van der Waals surface area contributed by atoms with Crippen molar-refractivity contribution < 1.29 is 9.53 Å². The highest BCUT2D eigenvalue weighted by Gasteiger charge is 2.12. The van der Waals surface area contributed by atoms with Gasteiger partial charge in [-0.05, 0) is 38.1 Å². The van der Waals surface area contributed by atoms with Crippen LogP contribution in [0.3, 0.4) is 0 Å². The standard InChI is InChI=1S/C16H15N3O2S/c1-9-10(2)22-16(17-9)19-15(20)14-6-4-11-8-12(21-3)5-7-13(11)18-14/h4-8H,1-3H3,(H,17,19,20). The van der Waals surface area contributed by atoms with Gasteiger partial charge in [0.1, 0.15) is 11.4 Å². The molecule has 5 nitrogen and oxygen atoms in total. The van der Waals surface area contributed by atoms with Crippen molar-refractivity contribution in [1.29, 1.82) is 0 Å². The molecule has 3 rings (SSSR count). The molecule has 0 aliphatic rings. The molecule has 22 heavy (non-hydrogen) atoms. The number of aryl methyl sites for hydroxylation is 2. The van der Waals surface area contributed by atoms with Gasteiger partial charge in [-0.25, -0.2) is 9.97 Å².